The molecule has 2 aromatic heterocycles. The Morgan fingerprint density at radius 1 is 1.27 bits per heavy atom. The quantitative estimate of drug-likeness (QED) is 0.526. The van der Waals surface area contributed by atoms with Gasteiger partial charge in [-0.15, -0.1) is 0 Å². The molecule has 0 fully saturated rings. The number of fused-ring (bicyclic) bond motifs is 5. The second-order valence-corrected chi connectivity index (χ2v) is 7.81. The molecule has 154 valence electrons. The van der Waals surface area contributed by atoms with Gasteiger partial charge in [0.25, 0.3) is 5.56 Å². The van der Waals surface area contributed by atoms with Crippen molar-refractivity contribution in [2.45, 2.75) is 38.3 Å². The van der Waals surface area contributed by atoms with Gasteiger partial charge < -0.3 is 20.1 Å². The van der Waals surface area contributed by atoms with Crippen LogP contribution >= 0.6 is 0 Å². The molecule has 0 saturated carbocycles. The largest absolute Gasteiger partial charge is 0.494 e. The Bertz CT molecular complexity index is 1330. The third kappa shape index (κ3) is 2.25. The Kier molecular flexibility index (Phi) is 3.82. The molecule has 3 heterocycles. The van der Waals surface area contributed by atoms with Crippen LogP contribution in [0.3, 0.4) is 0 Å². The van der Waals surface area contributed by atoms with Gasteiger partial charge in [0.2, 0.25) is 0 Å². The summed E-state index contributed by atoms with van der Waals surface area (Å²) in [4.78, 5) is 30.3. The van der Waals surface area contributed by atoms with Gasteiger partial charge in [-0.25, -0.2) is 9.37 Å². The van der Waals surface area contributed by atoms with Crippen molar-refractivity contribution in [1.29, 1.82) is 0 Å². The summed E-state index contributed by atoms with van der Waals surface area (Å²) in [6.07, 6.45) is 0.592. The van der Waals surface area contributed by atoms with Crippen LogP contribution in [0.15, 0.2) is 23.0 Å². The zero-order chi connectivity index (χ0) is 21.4. The average molecular weight is 409 g/mol. The Hall–Kier alpha value is -3.26. The molecule has 2 aliphatic rings. The lowest BCUT2D eigenvalue weighted by Gasteiger charge is -2.32. The fraction of sp³-hybridized carbons (Fsp3) is 0.318. The zero-order valence-corrected chi connectivity index (χ0v) is 16.6. The number of hydrogen-bond donors (Lipinski definition) is 2. The van der Waals surface area contributed by atoms with E-state index in [0.717, 1.165) is 0 Å². The topological polar surface area (TPSA) is 107 Å². The average Bonchev–Trinajstić information content (AvgIpc) is 3.10. The summed E-state index contributed by atoms with van der Waals surface area (Å²) in [5, 5.41) is 11.6. The molecule has 3 N–H and O–H groups in total. The van der Waals surface area contributed by atoms with Crippen LogP contribution in [0.1, 0.15) is 36.5 Å². The van der Waals surface area contributed by atoms with Crippen LogP contribution in [0.5, 0.6) is 5.75 Å². The zero-order valence-electron chi connectivity index (χ0n) is 16.6. The number of pyridine rings is 2. The maximum atomic E-state index is 14.2. The molecular formula is C22H20FN3O4. The molecule has 0 spiro atoms. The van der Waals surface area contributed by atoms with Crippen molar-refractivity contribution in [2.75, 3.05) is 12.8 Å². The van der Waals surface area contributed by atoms with Crippen LogP contribution in [-0.4, -0.2) is 27.6 Å². The summed E-state index contributed by atoms with van der Waals surface area (Å²) in [7, 11) is 1.37. The number of benzene rings is 1. The summed E-state index contributed by atoms with van der Waals surface area (Å²) in [6, 6.07) is 4.41. The third-order valence-electron chi connectivity index (χ3n) is 6.38. The number of carbonyl (C=O) groups excluding carboxylic acids is 1. The first-order valence-corrected chi connectivity index (χ1v) is 9.79. The monoisotopic (exact) mass is 409 g/mol. The third-order valence-corrected chi connectivity index (χ3v) is 6.38. The number of methoxy groups -OCH3 is 1. The van der Waals surface area contributed by atoms with Gasteiger partial charge >= 0.3 is 0 Å². The number of ether oxygens (including phenoxy) is 1. The van der Waals surface area contributed by atoms with Gasteiger partial charge in [-0.05, 0) is 25.0 Å². The van der Waals surface area contributed by atoms with Crippen molar-refractivity contribution in [3.63, 3.8) is 0 Å². The molecule has 0 bridgehead atoms. The number of nitrogens with zero attached hydrogens (tertiary/aromatic N) is 2. The standard InChI is InChI=1S/C22H20FN3O4/c1-3-22(29)13-7-16-20-12(9-26(16)21(28)10(13)4-5-18(22)27)19(24)11-6-17(30-2)14(23)8-15(11)25-20/h6-8,29H,3-5,9H2,1-2H3,(H2,24,25)/t22-/m0/s1. The highest BCUT2D eigenvalue weighted by Crippen LogP contribution is 2.42. The summed E-state index contributed by atoms with van der Waals surface area (Å²) in [5.41, 5.74) is 7.56. The molecule has 0 unspecified atom stereocenters. The van der Waals surface area contributed by atoms with Crippen molar-refractivity contribution in [3.05, 3.63) is 51.1 Å². The number of anilines is 1. The van der Waals surface area contributed by atoms with Gasteiger partial charge in [0.15, 0.2) is 17.3 Å². The first kappa shape index (κ1) is 18.7. The fourth-order valence-electron chi connectivity index (χ4n) is 4.65. The minimum absolute atomic E-state index is 0.0608. The molecule has 1 atom stereocenters. The predicted octanol–water partition coefficient (Wildman–Crippen LogP) is 2.27. The van der Waals surface area contributed by atoms with E-state index in [0.29, 0.717) is 51.1 Å². The van der Waals surface area contributed by atoms with E-state index >= 15 is 0 Å². The number of nitrogen functional groups attached to an aromatic ring is 1. The summed E-state index contributed by atoms with van der Waals surface area (Å²) < 4.78 is 20.9. The number of aromatic nitrogens is 2. The first-order valence-electron chi connectivity index (χ1n) is 9.79. The van der Waals surface area contributed by atoms with Crippen molar-refractivity contribution in [1.82, 2.24) is 9.55 Å². The highest BCUT2D eigenvalue weighted by molar-refractivity contribution is 5.97. The number of rotatable bonds is 2. The Morgan fingerprint density at radius 3 is 2.73 bits per heavy atom. The molecule has 5 rings (SSSR count). The number of ketones is 1. The minimum atomic E-state index is -1.69. The van der Waals surface area contributed by atoms with Gasteiger partial charge in [0.05, 0.1) is 30.6 Å². The van der Waals surface area contributed by atoms with Crippen molar-refractivity contribution in [2.24, 2.45) is 0 Å². The van der Waals surface area contributed by atoms with Crippen LogP contribution < -0.4 is 16.0 Å². The number of halogens is 1. The fourth-order valence-corrected chi connectivity index (χ4v) is 4.65. The molecule has 7 nitrogen and oxygen atoms in total. The van der Waals surface area contributed by atoms with E-state index in [1.54, 1.807) is 17.6 Å². The van der Waals surface area contributed by atoms with E-state index in [1.807, 2.05) is 0 Å². The van der Waals surface area contributed by atoms with Gasteiger partial charge in [-0.2, -0.15) is 0 Å². The van der Waals surface area contributed by atoms with Gasteiger partial charge in [0.1, 0.15) is 5.60 Å². The smallest absolute Gasteiger partial charge is 0.254 e. The molecule has 3 aromatic rings. The minimum Gasteiger partial charge on any atom is -0.494 e. The molecule has 1 aliphatic heterocycles. The van der Waals surface area contributed by atoms with E-state index in [9.17, 15) is 19.1 Å². The number of nitrogens with two attached hydrogens (primary N) is 1. The molecule has 1 aliphatic carbocycles. The van der Waals surface area contributed by atoms with Crippen molar-refractivity contribution in [3.8, 4) is 17.1 Å². The second kappa shape index (κ2) is 6.12. The normalized spacial score (nSPS) is 19.5. The molecule has 0 saturated heterocycles. The van der Waals surface area contributed by atoms with Crippen molar-refractivity contribution < 1.29 is 19.0 Å². The van der Waals surface area contributed by atoms with E-state index in [4.69, 9.17) is 10.5 Å². The second-order valence-electron chi connectivity index (χ2n) is 7.81. The number of Topliss-reactive ketones (excluding diaryl/α,β-unsaturated/α-hetero) is 1. The maximum absolute atomic E-state index is 14.2. The van der Waals surface area contributed by atoms with Gasteiger partial charge in [0, 0.05) is 40.3 Å². The summed E-state index contributed by atoms with van der Waals surface area (Å²) >= 11 is 0. The van der Waals surface area contributed by atoms with E-state index < -0.39 is 11.4 Å². The number of aliphatic hydroxyl groups is 1. The first-order chi connectivity index (χ1) is 14.3. The molecule has 0 radical (unpaired) electrons. The lowest BCUT2D eigenvalue weighted by molar-refractivity contribution is -0.140. The summed E-state index contributed by atoms with van der Waals surface area (Å²) in [5.74, 6) is -0.797. The molecule has 30 heavy (non-hydrogen) atoms. The highest BCUT2D eigenvalue weighted by Gasteiger charge is 2.43. The Morgan fingerprint density at radius 2 is 2.03 bits per heavy atom. The van der Waals surface area contributed by atoms with Gasteiger partial charge in [-0.1, -0.05) is 6.92 Å². The lowest BCUT2D eigenvalue weighted by atomic mass is 9.77. The Labute approximate surface area is 170 Å². The summed E-state index contributed by atoms with van der Waals surface area (Å²) in [6.45, 7) is 1.94. The molecule has 0 amide bonds. The molecule has 1 aromatic carbocycles. The lowest BCUT2D eigenvalue weighted by Crippen LogP contribution is -2.43. The van der Waals surface area contributed by atoms with Crippen LogP contribution in [0.2, 0.25) is 0 Å². The maximum Gasteiger partial charge on any atom is 0.254 e. The predicted molar refractivity (Wildman–Crippen MR) is 109 cm³/mol. The molecule has 8 heteroatoms. The van der Waals surface area contributed by atoms with Crippen LogP contribution in [0.25, 0.3) is 22.3 Å². The van der Waals surface area contributed by atoms with Gasteiger partial charge in [-0.3, -0.25) is 9.59 Å². The van der Waals surface area contributed by atoms with Crippen molar-refractivity contribution >= 4 is 22.4 Å². The van der Waals surface area contributed by atoms with Crippen LogP contribution in [0.4, 0.5) is 10.1 Å². The van der Waals surface area contributed by atoms with Crippen LogP contribution in [-0.2, 0) is 23.4 Å². The number of hydrogen-bond acceptors (Lipinski definition) is 6. The molecular weight excluding hydrogens is 389 g/mol. The van der Waals surface area contributed by atoms with E-state index in [-0.39, 0.29) is 36.5 Å². The van der Waals surface area contributed by atoms with E-state index in [2.05, 4.69) is 4.98 Å². The Balaban J connectivity index is 1.81. The number of carbonyl (C=O) groups is 1. The highest BCUT2D eigenvalue weighted by atomic mass is 19.1. The van der Waals surface area contributed by atoms with Crippen LogP contribution in [0, 0.1) is 5.82 Å². The van der Waals surface area contributed by atoms with E-state index in [1.165, 1.54) is 19.2 Å². The SMILES string of the molecule is CC[C@@]1(O)C(=O)CCc2c1cc1n(c2=O)Cc2c-1nc1cc(F)c(OC)cc1c2N.